The van der Waals surface area contributed by atoms with Crippen LogP contribution in [0.5, 0.6) is 11.6 Å². The summed E-state index contributed by atoms with van der Waals surface area (Å²) in [6.45, 7) is -2.42. The number of alkyl halides is 3. The first-order chi connectivity index (χ1) is 19.7. The second kappa shape index (κ2) is 12.2. The number of sulfonamides is 1. The van der Waals surface area contributed by atoms with Crippen molar-refractivity contribution in [3.05, 3.63) is 65.9 Å². The van der Waals surface area contributed by atoms with E-state index in [9.17, 15) is 21.6 Å². The van der Waals surface area contributed by atoms with E-state index in [-0.39, 0.29) is 42.8 Å². The molecule has 3 aromatic rings. The lowest BCUT2D eigenvalue weighted by Crippen LogP contribution is -2.43. The van der Waals surface area contributed by atoms with Crippen LogP contribution in [0.15, 0.2) is 59.6 Å². The summed E-state index contributed by atoms with van der Waals surface area (Å²) in [5.74, 6) is -0.302. The van der Waals surface area contributed by atoms with Crippen LogP contribution in [-0.2, 0) is 32.3 Å². The maximum absolute atomic E-state index is 13.8. The maximum atomic E-state index is 13.8. The molecular weight excluding hydrogens is 541 g/mol. The summed E-state index contributed by atoms with van der Waals surface area (Å²) in [6.07, 6.45) is -5.49. The first-order valence-corrected chi connectivity index (χ1v) is 13.1. The van der Waals surface area contributed by atoms with E-state index >= 15 is 0 Å². The maximum Gasteiger partial charge on any atom is 0.423 e. The Morgan fingerprint density at radius 2 is 1.87 bits per heavy atom. The van der Waals surface area contributed by atoms with Gasteiger partial charge in [0.15, 0.2) is 0 Å². The summed E-state index contributed by atoms with van der Waals surface area (Å²) in [6, 6.07) is 11.9. The van der Waals surface area contributed by atoms with Gasteiger partial charge in [-0.05, 0) is 48.9 Å². The van der Waals surface area contributed by atoms with Crippen LogP contribution in [0.1, 0.15) is 21.7 Å². The number of nitrogens with one attached hydrogen (secondary N) is 2. The fraction of sp³-hybridized carbons (Fsp3) is 0.360. The molecule has 1 aromatic heterocycles. The molecule has 2 N–H and O–H groups in total. The third-order valence-electron chi connectivity index (χ3n) is 5.74. The molecule has 1 fully saturated rings. The Labute approximate surface area is 227 Å². The van der Waals surface area contributed by atoms with Crippen molar-refractivity contribution in [3.63, 3.8) is 0 Å². The van der Waals surface area contributed by atoms with Crippen molar-refractivity contribution in [2.24, 2.45) is 0 Å². The number of halogens is 3. The second-order valence-electron chi connectivity index (χ2n) is 8.38. The minimum Gasteiger partial charge on any atom is -0.497 e. The van der Waals surface area contributed by atoms with Gasteiger partial charge in [-0.25, -0.2) is 18.1 Å². The molecule has 0 unspecified atom stereocenters. The van der Waals surface area contributed by atoms with Gasteiger partial charge < -0.3 is 24.3 Å². The Hall–Kier alpha value is -3.46. The van der Waals surface area contributed by atoms with Crippen molar-refractivity contribution < 1.29 is 44.6 Å². The smallest absolute Gasteiger partial charge is 0.423 e. The number of benzene rings is 2. The minimum absolute atomic E-state index is 0.101. The monoisotopic (exact) mass is 571 g/mol. The molecule has 4 rings (SSSR count). The second-order valence-corrected chi connectivity index (χ2v) is 10.1. The average molecular weight is 572 g/mol. The molecule has 0 aliphatic carbocycles. The van der Waals surface area contributed by atoms with Crippen molar-refractivity contribution >= 4 is 21.7 Å². The summed E-state index contributed by atoms with van der Waals surface area (Å²) < 4.78 is 111. The van der Waals surface area contributed by atoms with Gasteiger partial charge in [0.25, 0.3) is 0 Å². The normalized spacial score (nSPS) is 19.4. The number of hydrogen-bond donors (Lipinski definition) is 2. The SMILES string of the molecule is [2H]C([2H])([2H])NS(=O)(=O)c1ccc(Nc2ncc(C(F)(F)F)c(O[C@H]3CCOC[C@@H]3OCc3ccc(OC)cc3)n2)cc1. The van der Waals surface area contributed by atoms with E-state index in [0.29, 0.717) is 11.9 Å². The number of aromatic nitrogens is 2. The van der Waals surface area contributed by atoms with Crippen LogP contribution in [0.3, 0.4) is 0 Å². The summed E-state index contributed by atoms with van der Waals surface area (Å²) >= 11 is 0. The predicted octanol–water partition coefficient (Wildman–Crippen LogP) is 3.91. The van der Waals surface area contributed by atoms with Gasteiger partial charge in [-0.3, -0.25) is 0 Å². The van der Waals surface area contributed by atoms with Gasteiger partial charge in [0.05, 0.1) is 31.8 Å². The molecule has 0 bridgehead atoms. The number of nitrogens with zero attached hydrogens (tertiary/aromatic N) is 2. The highest BCUT2D eigenvalue weighted by Crippen LogP contribution is 2.36. The summed E-state index contributed by atoms with van der Waals surface area (Å²) in [5, 5.41) is 2.69. The van der Waals surface area contributed by atoms with Crippen molar-refractivity contribution in [1.82, 2.24) is 14.7 Å². The third kappa shape index (κ3) is 7.35. The molecule has 210 valence electrons. The van der Waals surface area contributed by atoms with Gasteiger partial charge >= 0.3 is 6.18 Å². The fourth-order valence-corrected chi connectivity index (χ4v) is 4.28. The molecule has 0 radical (unpaired) electrons. The number of anilines is 2. The van der Waals surface area contributed by atoms with Gasteiger partial charge in [-0.1, -0.05) is 12.1 Å². The standard InChI is InChI=1S/C25H27F3N4O6S/c1-29-39(33,34)19-9-5-17(6-10-19)31-24-30-13-20(25(26,27)28)23(32-24)38-21-11-12-36-15-22(21)37-14-16-3-7-18(35-2)8-4-16/h3-10,13,21-22,29H,11-12,14-15H2,1-2H3,(H,30,31,32)/t21-,22-/m0/s1/i1D3. The molecule has 0 saturated carbocycles. The van der Waals surface area contributed by atoms with Gasteiger partial charge in [0.2, 0.25) is 21.9 Å². The zero-order chi connectivity index (χ0) is 30.5. The quantitative estimate of drug-likeness (QED) is 0.373. The van der Waals surface area contributed by atoms with E-state index in [1.54, 1.807) is 36.1 Å². The van der Waals surface area contributed by atoms with Crippen LogP contribution < -0.4 is 19.5 Å². The Balaban J connectivity index is 1.50. The summed E-state index contributed by atoms with van der Waals surface area (Å²) in [7, 11) is -2.78. The molecule has 0 amide bonds. The molecule has 0 spiro atoms. The Morgan fingerprint density at radius 1 is 1.13 bits per heavy atom. The van der Waals surface area contributed by atoms with Crippen LogP contribution in [0.2, 0.25) is 0 Å². The molecule has 1 saturated heterocycles. The third-order valence-corrected chi connectivity index (χ3v) is 6.91. The fourth-order valence-electron chi connectivity index (χ4n) is 3.67. The minimum atomic E-state index is -4.82. The molecule has 39 heavy (non-hydrogen) atoms. The van der Waals surface area contributed by atoms with Gasteiger partial charge in [0, 0.05) is 22.4 Å². The van der Waals surface area contributed by atoms with Crippen LogP contribution in [0.4, 0.5) is 24.8 Å². The zero-order valence-corrected chi connectivity index (χ0v) is 21.4. The van der Waals surface area contributed by atoms with Gasteiger partial charge in [-0.15, -0.1) is 0 Å². The Morgan fingerprint density at radius 3 is 2.54 bits per heavy atom. The molecule has 1 aliphatic rings. The Kier molecular flexibility index (Phi) is 7.66. The molecule has 14 heteroatoms. The lowest BCUT2D eigenvalue weighted by Gasteiger charge is -2.32. The van der Waals surface area contributed by atoms with Gasteiger partial charge in [0.1, 0.15) is 23.5 Å². The molecule has 2 atom stereocenters. The molecule has 2 heterocycles. The molecule has 2 aromatic carbocycles. The highest BCUT2D eigenvalue weighted by molar-refractivity contribution is 7.89. The summed E-state index contributed by atoms with van der Waals surface area (Å²) in [4.78, 5) is 7.34. The van der Waals surface area contributed by atoms with Crippen LogP contribution in [-0.4, -0.2) is 57.9 Å². The van der Waals surface area contributed by atoms with E-state index < -0.39 is 46.8 Å². The number of hydrogen-bond acceptors (Lipinski definition) is 9. The largest absolute Gasteiger partial charge is 0.497 e. The summed E-state index contributed by atoms with van der Waals surface area (Å²) in [5.41, 5.74) is -0.149. The van der Waals surface area contributed by atoms with Crippen molar-refractivity contribution in [3.8, 4) is 11.6 Å². The van der Waals surface area contributed by atoms with E-state index in [1.165, 1.54) is 12.1 Å². The van der Waals surface area contributed by atoms with E-state index in [2.05, 4.69) is 15.3 Å². The number of rotatable bonds is 10. The average Bonchev–Trinajstić information content (AvgIpc) is 2.91. The van der Waals surface area contributed by atoms with Crippen LogP contribution in [0, 0.1) is 0 Å². The van der Waals surface area contributed by atoms with E-state index in [4.69, 9.17) is 23.1 Å². The van der Waals surface area contributed by atoms with Crippen molar-refractivity contribution in [1.29, 1.82) is 0 Å². The first-order valence-electron chi connectivity index (χ1n) is 13.1. The lowest BCUT2D eigenvalue weighted by molar-refractivity contribution is -0.144. The molecular formula is C25H27F3N4O6S. The lowest BCUT2D eigenvalue weighted by atomic mass is 10.1. The topological polar surface area (TPSA) is 121 Å². The molecule has 1 aliphatic heterocycles. The van der Waals surface area contributed by atoms with Crippen molar-refractivity contribution in [2.45, 2.75) is 36.3 Å². The number of ether oxygens (including phenoxy) is 4. The van der Waals surface area contributed by atoms with E-state index in [0.717, 1.165) is 17.7 Å². The predicted molar refractivity (Wildman–Crippen MR) is 134 cm³/mol. The van der Waals surface area contributed by atoms with Crippen LogP contribution >= 0.6 is 0 Å². The van der Waals surface area contributed by atoms with Crippen molar-refractivity contribution in [2.75, 3.05) is 32.6 Å². The van der Waals surface area contributed by atoms with Gasteiger partial charge in [-0.2, -0.15) is 18.2 Å². The van der Waals surface area contributed by atoms with Crippen LogP contribution in [0.25, 0.3) is 0 Å². The highest BCUT2D eigenvalue weighted by Gasteiger charge is 2.38. The highest BCUT2D eigenvalue weighted by atomic mass is 32.2. The van der Waals surface area contributed by atoms with E-state index in [1.807, 2.05) is 0 Å². The number of methoxy groups -OCH3 is 1. The Bertz CT molecular complexity index is 1460. The zero-order valence-electron chi connectivity index (χ0n) is 23.6. The molecule has 10 nitrogen and oxygen atoms in total. The first kappa shape index (κ1) is 24.6.